The molecule has 1 atom stereocenters. The molecule has 0 aliphatic carbocycles. The van der Waals surface area contributed by atoms with Gasteiger partial charge in [0.05, 0.1) is 6.10 Å². The molecule has 1 N–H and O–H groups in total. The van der Waals surface area contributed by atoms with Crippen LogP contribution in [-0.2, 0) is 0 Å². The molecule has 72 valence electrons. The summed E-state index contributed by atoms with van der Waals surface area (Å²) in [5.74, 6) is 0. The smallest absolute Gasteiger partial charge is 0.0512 e. The Morgan fingerprint density at radius 3 is 1.55 bits per heavy atom. The van der Waals surface area contributed by atoms with Gasteiger partial charge in [-0.3, -0.25) is 0 Å². The van der Waals surface area contributed by atoms with E-state index in [0.29, 0.717) is 0 Å². The lowest BCUT2D eigenvalue weighted by atomic mass is 10.2. The van der Waals surface area contributed by atoms with Crippen LogP contribution in [0.4, 0.5) is 0 Å². The minimum absolute atomic E-state index is 0.0973. The number of hydrogen-bond acceptors (Lipinski definition) is 1. The lowest BCUT2D eigenvalue weighted by molar-refractivity contribution is 0.181. The summed E-state index contributed by atoms with van der Waals surface area (Å²) in [6.07, 6.45) is 3.19. The number of hydrogen-bond donors (Lipinski definition) is 1. The topological polar surface area (TPSA) is 20.2 Å². The Morgan fingerprint density at radius 1 is 1.09 bits per heavy atom. The van der Waals surface area contributed by atoms with E-state index in [9.17, 15) is 0 Å². The molecule has 0 radical (unpaired) electrons. The first-order chi connectivity index (χ1) is 5.27. The third kappa shape index (κ3) is 40.2. The molecule has 0 saturated carbocycles. The molecule has 0 rings (SSSR count). The Morgan fingerprint density at radius 2 is 1.45 bits per heavy atom. The van der Waals surface area contributed by atoms with Crippen molar-refractivity contribution in [2.24, 2.45) is 0 Å². The number of aliphatic hydroxyl groups is 1. The highest BCUT2D eigenvalue weighted by Crippen LogP contribution is 1.97. The van der Waals surface area contributed by atoms with E-state index in [2.05, 4.69) is 6.92 Å². The molecule has 0 heterocycles. The van der Waals surface area contributed by atoms with Gasteiger partial charge in [-0.2, -0.15) is 0 Å². The first-order valence-corrected chi connectivity index (χ1v) is 4.95. The molecule has 1 unspecified atom stereocenters. The molecule has 0 spiro atoms. The second-order valence-electron chi connectivity index (χ2n) is 1.99. The molecule has 11 heavy (non-hydrogen) atoms. The van der Waals surface area contributed by atoms with Gasteiger partial charge in [0.1, 0.15) is 0 Å². The summed E-state index contributed by atoms with van der Waals surface area (Å²) in [6, 6.07) is 0. The fraction of sp³-hybridized carbons (Fsp3) is 1.00. The van der Waals surface area contributed by atoms with Gasteiger partial charge in [-0.25, -0.2) is 0 Å². The third-order valence-electron chi connectivity index (χ3n) is 0.975. The van der Waals surface area contributed by atoms with Gasteiger partial charge >= 0.3 is 0 Å². The monoisotopic (exact) mass is 162 g/mol. The normalized spacial score (nSPS) is 10.1. The van der Waals surface area contributed by atoms with Gasteiger partial charge in [-0.15, -0.1) is 0 Å². The Kier molecular flexibility index (Phi) is 35.1. The van der Waals surface area contributed by atoms with Gasteiger partial charge in [-0.05, 0) is 13.3 Å². The molecule has 1 nitrogen and oxygen atoms in total. The zero-order valence-electron chi connectivity index (χ0n) is 9.15. The predicted octanol–water partition coefficient (Wildman–Crippen LogP) is 3.61. The van der Waals surface area contributed by atoms with Crippen molar-refractivity contribution in [1.82, 2.24) is 0 Å². The quantitative estimate of drug-likeness (QED) is 0.672. The average Bonchev–Trinajstić information content (AvgIpc) is 2.08. The molecule has 0 saturated heterocycles. The Hall–Kier alpha value is -0.0400. The first kappa shape index (κ1) is 17.2. The molecule has 0 fully saturated rings. The highest BCUT2D eigenvalue weighted by Gasteiger charge is 1.90. The maximum atomic E-state index is 8.68. The van der Waals surface area contributed by atoms with Gasteiger partial charge in [0.2, 0.25) is 0 Å². The van der Waals surface area contributed by atoms with Gasteiger partial charge in [0, 0.05) is 0 Å². The van der Waals surface area contributed by atoms with Crippen LogP contribution in [0.5, 0.6) is 0 Å². The largest absolute Gasteiger partial charge is 0.393 e. The minimum atomic E-state index is -0.0973. The number of unbranched alkanes of at least 4 members (excludes halogenated alkanes) is 1. The number of aliphatic hydroxyl groups excluding tert-OH is 1. The summed E-state index contributed by atoms with van der Waals surface area (Å²) < 4.78 is 0. The molecule has 1 heteroatoms. The van der Waals surface area contributed by atoms with Crippen LogP contribution in [0, 0.1) is 0 Å². The predicted molar refractivity (Wildman–Crippen MR) is 53.9 cm³/mol. The van der Waals surface area contributed by atoms with Crippen LogP contribution >= 0.6 is 0 Å². The van der Waals surface area contributed by atoms with Crippen molar-refractivity contribution in [3.05, 3.63) is 0 Å². The lowest BCUT2D eigenvalue weighted by Crippen LogP contribution is -1.97. The molecule has 0 bridgehead atoms. The van der Waals surface area contributed by atoms with Crippen molar-refractivity contribution in [2.45, 2.75) is 66.9 Å². The van der Waals surface area contributed by atoms with Gasteiger partial charge in [0.25, 0.3) is 0 Å². The summed E-state index contributed by atoms with van der Waals surface area (Å²) in [6.45, 7) is 12.0. The van der Waals surface area contributed by atoms with Crippen molar-refractivity contribution >= 4 is 0 Å². The summed E-state index contributed by atoms with van der Waals surface area (Å²) in [5.41, 5.74) is 0. The average molecular weight is 162 g/mol. The summed E-state index contributed by atoms with van der Waals surface area (Å²) in [5, 5.41) is 8.68. The van der Waals surface area contributed by atoms with E-state index in [1.54, 1.807) is 0 Å². The summed E-state index contributed by atoms with van der Waals surface area (Å²) >= 11 is 0. The lowest BCUT2D eigenvalue weighted by Gasteiger charge is -1.98. The molecule has 0 aliphatic rings. The Bertz CT molecular complexity index is 33.9. The molecule has 0 aliphatic heterocycles. The van der Waals surface area contributed by atoms with Crippen LogP contribution in [0.2, 0.25) is 0 Å². The van der Waals surface area contributed by atoms with E-state index >= 15 is 0 Å². The zero-order chi connectivity index (χ0) is 9.70. The fourth-order valence-electron chi connectivity index (χ4n) is 0.500. The Balaban J connectivity index is -0.000000138. The van der Waals surface area contributed by atoms with Crippen LogP contribution in [0.1, 0.15) is 60.8 Å². The van der Waals surface area contributed by atoms with Crippen molar-refractivity contribution in [1.29, 1.82) is 0 Å². The van der Waals surface area contributed by atoms with E-state index < -0.39 is 0 Å². The van der Waals surface area contributed by atoms with Crippen LogP contribution < -0.4 is 0 Å². The van der Waals surface area contributed by atoms with Crippen molar-refractivity contribution in [3.63, 3.8) is 0 Å². The van der Waals surface area contributed by atoms with Gasteiger partial charge in [0.15, 0.2) is 0 Å². The molecule has 0 aromatic heterocycles. The van der Waals surface area contributed by atoms with Crippen LogP contribution in [0.3, 0.4) is 0 Å². The van der Waals surface area contributed by atoms with E-state index in [-0.39, 0.29) is 6.10 Å². The highest BCUT2D eigenvalue weighted by atomic mass is 16.3. The molecular weight excluding hydrogens is 136 g/mol. The molecule has 0 aromatic rings. The molecule has 0 amide bonds. The van der Waals surface area contributed by atoms with Crippen molar-refractivity contribution < 1.29 is 5.11 Å². The van der Waals surface area contributed by atoms with Gasteiger partial charge < -0.3 is 5.11 Å². The van der Waals surface area contributed by atoms with Crippen LogP contribution in [0.25, 0.3) is 0 Å². The zero-order valence-corrected chi connectivity index (χ0v) is 9.15. The van der Waals surface area contributed by atoms with Crippen LogP contribution in [0.15, 0.2) is 0 Å². The summed E-state index contributed by atoms with van der Waals surface area (Å²) in [7, 11) is 0. The highest BCUT2D eigenvalue weighted by molar-refractivity contribution is 4.43. The van der Waals surface area contributed by atoms with Crippen molar-refractivity contribution in [2.75, 3.05) is 0 Å². The fourth-order valence-corrected chi connectivity index (χ4v) is 0.500. The van der Waals surface area contributed by atoms with E-state index in [1.165, 1.54) is 6.42 Å². The minimum Gasteiger partial charge on any atom is -0.393 e. The second kappa shape index (κ2) is 22.5. The van der Waals surface area contributed by atoms with Crippen LogP contribution in [-0.4, -0.2) is 11.2 Å². The SMILES string of the molecule is CC.CC.CCCCC(C)O. The summed E-state index contributed by atoms with van der Waals surface area (Å²) in [4.78, 5) is 0. The van der Waals surface area contributed by atoms with E-state index in [4.69, 9.17) is 5.11 Å². The third-order valence-corrected chi connectivity index (χ3v) is 0.975. The van der Waals surface area contributed by atoms with E-state index in [0.717, 1.165) is 12.8 Å². The number of rotatable bonds is 3. The first-order valence-electron chi connectivity index (χ1n) is 4.95. The molecular formula is C10H26O. The molecule has 0 aromatic carbocycles. The Labute approximate surface area is 72.8 Å². The maximum Gasteiger partial charge on any atom is 0.0512 e. The maximum absolute atomic E-state index is 8.68. The van der Waals surface area contributed by atoms with Gasteiger partial charge in [-0.1, -0.05) is 47.5 Å². The van der Waals surface area contributed by atoms with Crippen molar-refractivity contribution in [3.8, 4) is 0 Å². The standard InChI is InChI=1S/C6H14O.2C2H6/c1-3-4-5-6(2)7;2*1-2/h6-7H,3-5H2,1-2H3;2*1-2H3. The van der Waals surface area contributed by atoms with E-state index in [1.807, 2.05) is 34.6 Å². The second-order valence-corrected chi connectivity index (χ2v) is 1.99.